The monoisotopic (exact) mass is 539 g/mol. The lowest BCUT2D eigenvalue weighted by Gasteiger charge is -2.13. The van der Waals surface area contributed by atoms with Crippen LogP contribution in [0.25, 0.3) is 6.08 Å². The summed E-state index contributed by atoms with van der Waals surface area (Å²) in [7, 11) is 1.47. The van der Waals surface area contributed by atoms with Gasteiger partial charge < -0.3 is 24.7 Å². The fraction of sp³-hybridized carbons (Fsp3) is 0.0800. The van der Waals surface area contributed by atoms with E-state index in [9.17, 15) is 20.0 Å². The molecule has 3 aromatic carbocycles. The molecule has 9 heteroatoms. The number of halogens is 2. The van der Waals surface area contributed by atoms with Crippen molar-refractivity contribution in [2.45, 2.75) is 6.61 Å². The van der Waals surface area contributed by atoms with E-state index in [1.165, 1.54) is 25.3 Å². The fourth-order valence-corrected chi connectivity index (χ4v) is 3.43. The van der Waals surface area contributed by atoms with E-state index in [0.29, 0.717) is 32.2 Å². The van der Waals surface area contributed by atoms with Crippen molar-refractivity contribution in [1.82, 2.24) is 0 Å². The molecule has 3 rings (SSSR count). The lowest BCUT2D eigenvalue weighted by molar-refractivity contribution is -0.255. The number of nitriles is 1. The number of ether oxygens (including phenoxy) is 2. The largest absolute Gasteiger partial charge is 0.545 e. The first-order valence-corrected chi connectivity index (χ1v) is 11.0. The Kier molecular flexibility index (Phi) is 8.30. The van der Waals surface area contributed by atoms with Gasteiger partial charge in [0.2, 0.25) is 0 Å². The Morgan fingerprint density at radius 3 is 2.38 bits per heavy atom. The summed E-state index contributed by atoms with van der Waals surface area (Å²) in [5.74, 6) is -1.02. The maximum Gasteiger partial charge on any atom is 0.266 e. The molecule has 0 aliphatic heterocycles. The molecule has 172 valence electrons. The molecule has 0 radical (unpaired) electrons. The molecule has 0 fully saturated rings. The zero-order valence-electron chi connectivity index (χ0n) is 17.8. The van der Waals surface area contributed by atoms with Gasteiger partial charge in [-0.15, -0.1) is 0 Å². The van der Waals surface area contributed by atoms with Crippen LogP contribution in [0.3, 0.4) is 0 Å². The number of methoxy groups -OCH3 is 1. The maximum absolute atomic E-state index is 12.5. The van der Waals surface area contributed by atoms with Crippen molar-refractivity contribution in [2.24, 2.45) is 0 Å². The minimum Gasteiger partial charge on any atom is -0.545 e. The van der Waals surface area contributed by atoms with E-state index in [2.05, 4.69) is 21.2 Å². The average molecular weight is 541 g/mol. The topological polar surface area (TPSA) is 111 Å². The number of nitrogens with zero attached hydrogens (tertiary/aromatic N) is 1. The molecular weight excluding hydrogens is 524 g/mol. The van der Waals surface area contributed by atoms with E-state index in [-0.39, 0.29) is 17.7 Å². The van der Waals surface area contributed by atoms with Crippen LogP contribution in [0.5, 0.6) is 11.5 Å². The van der Waals surface area contributed by atoms with Crippen LogP contribution >= 0.6 is 27.5 Å². The van der Waals surface area contributed by atoms with Crippen molar-refractivity contribution in [3.05, 3.63) is 92.4 Å². The quantitative estimate of drug-likeness (QED) is 0.330. The number of hydrogen-bond donors (Lipinski definition) is 1. The Morgan fingerprint density at radius 2 is 1.79 bits per heavy atom. The molecule has 1 amide bonds. The second-order valence-electron chi connectivity index (χ2n) is 6.93. The zero-order chi connectivity index (χ0) is 24.7. The molecule has 1 N–H and O–H groups in total. The molecular formula is C25H17BrClN2O5-. The highest BCUT2D eigenvalue weighted by Crippen LogP contribution is 2.35. The lowest BCUT2D eigenvalue weighted by atomic mass is 10.1. The average Bonchev–Trinajstić information content (AvgIpc) is 2.83. The number of amides is 1. The Hall–Kier alpha value is -3.80. The summed E-state index contributed by atoms with van der Waals surface area (Å²) < 4.78 is 11.8. The number of carboxylic acid groups (broad SMARTS) is 1. The third kappa shape index (κ3) is 6.38. The van der Waals surface area contributed by atoms with Crippen molar-refractivity contribution in [3.63, 3.8) is 0 Å². The van der Waals surface area contributed by atoms with Gasteiger partial charge in [0, 0.05) is 15.2 Å². The van der Waals surface area contributed by atoms with Gasteiger partial charge in [-0.1, -0.05) is 51.8 Å². The van der Waals surface area contributed by atoms with Gasteiger partial charge in [-0.25, -0.2) is 0 Å². The number of aromatic carboxylic acids is 1. The number of anilines is 1. The Labute approximate surface area is 209 Å². The first-order valence-electron chi connectivity index (χ1n) is 9.80. The van der Waals surface area contributed by atoms with E-state index in [0.717, 1.165) is 5.56 Å². The van der Waals surface area contributed by atoms with Gasteiger partial charge in [0.05, 0.1) is 13.1 Å². The highest BCUT2D eigenvalue weighted by molar-refractivity contribution is 9.10. The molecule has 34 heavy (non-hydrogen) atoms. The third-order valence-electron chi connectivity index (χ3n) is 4.63. The van der Waals surface area contributed by atoms with Crippen molar-refractivity contribution < 1.29 is 24.2 Å². The van der Waals surface area contributed by atoms with Gasteiger partial charge in [0.15, 0.2) is 11.5 Å². The SMILES string of the molecule is COc1cc(/C=C(\C#N)C(=O)Nc2ccc(Cl)cc2)c(Br)cc1OCc1ccc(C(=O)[O-])cc1. The predicted octanol–water partition coefficient (Wildman–Crippen LogP) is 4.60. The number of nitrogens with one attached hydrogen (secondary N) is 1. The summed E-state index contributed by atoms with van der Waals surface area (Å²) in [6, 6.07) is 17.8. The molecule has 0 saturated heterocycles. The summed E-state index contributed by atoms with van der Waals surface area (Å²) in [5, 5.41) is 23.6. The molecule has 0 aromatic heterocycles. The second kappa shape index (κ2) is 11.4. The molecule has 0 aliphatic rings. The number of benzene rings is 3. The van der Waals surface area contributed by atoms with Crippen LogP contribution < -0.4 is 19.9 Å². The molecule has 0 saturated carbocycles. The van der Waals surface area contributed by atoms with E-state index in [4.69, 9.17) is 21.1 Å². The highest BCUT2D eigenvalue weighted by atomic mass is 79.9. The van der Waals surface area contributed by atoms with Crippen LogP contribution in [0, 0.1) is 11.3 Å². The molecule has 7 nitrogen and oxygen atoms in total. The minimum atomic E-state index is -1.25. The smallest absolute Gasteiger partial charge is 0.266 e. The number of carboxylic acids is 1. The van der Waals surface area contributed by atoms with Crippen LogP contribution in [-0.2, 0) is 11.4 Å². The predicted molar refractivity (Wildman–Crippen MR) is 129 cm³/mol. The fourth-order valence-electron chi connectivity index (χ4n) is 2.87. The second-order valence-corrected chi connectivity index (χ2v) is 8.22. The molecule has 0 bridgehead atoms. The van der Waals surface area contributed by atoms with E-state index in [1.807, 2.05) is 6.07 Å². The summed E-state index contributed by atoms with van der Waals surface area (Å²) in [6.07, 6.45) is 1.43. The number of carbonyl (C=O) groups is 2. The molecule has 0 unspecified atom stereocenters. The summed E-state index contributed by atoms with van der Waals surface area (Å²) in [4.78, 5) is 23.4. The van der Waals surface area contributed by atoms with Crippen molar-refractivity contribution in [2.75, 3.05) is 12.4 Å². The van der Waals surface area contributed by atoms with Gasteiger partial charge in [0.1, 0.15) is 18.2 Å². The standard InChI is InChI=1S/C25H18BrClN2O5/c1-33-22-11-17(10-18(13-28)24(30)29-20-8-6-19(27)7-9-20)21(26)12-23(22)34-14-15-2-4-16(5-3-15)25(31)32/h2-12H,14H2,1H3,(H,29,30)(H,31,32)/p-1/b18-10+. The highest BCUT2D eigenvalue weighted by Gasteiger charge is 2.14. The van der Waals surface area contributed by atoms with E-state index >= 15 is 0 Å². The van der Waals surface area contributed by atoms with Crippen molar-refractivity contribution in [1.29, 1.82) is 5.26 Å². The molecule has 0 atom stereocenters. The first kappa shape index (κ1) is 24.8. The van der Waals surface area contributed by atoms with Crippen LogP contribution in [0.2, 0.25) is 5.02 Å². The first-order chi connectivity index (χ1) is 16.3. The Morgan fingerprint density at radius 1 is 1.12 bits per heavy atom. The molecule has 3 aromatic rings. The van der Waals surface area contributed by atoms with Crippen molar-refractivity contribution >= 4 is 51.2 Å². The van der Waals surface area contributed by atoms with Gasteiger partial charge in [-0.3, -0.25) is 4.79 Å². The zero-order valence-corrected chi connectivity index (χ0v) is 20.1. The third-order valence-corrected chi connectivity index (χ3v) is 5.57. The van der Waals surface area contributed by atoms with Gasteiger partial charge in [0.25, 0.3) is 5.91 Å². The molecule has 0 spiro atoms. The number of rotatable bonds is 8. The lowest BCUT2D eigenvalue weighted by Crippen LogP contribution is -2.22. The molecule has 0 heterocycles. The van der Waals surface area contributed by atoms with Crippen LogP contribution in [0.1, 0.15) is 21.5 Å². The summed E-state index contributed by atoms with van der Waals surface area (Å²) >= 11 is 9.29. The van der Waals surface area contributed by atoms with Crippen LogP contribution in [0.15, 0.2) is 70.7 Å². The van der Waals surface area contributed by atoms with E-state index < -0.39 is 11.9 Å². The van der Waals surface area contributed by atoms with Gasteiger partial charge in [-0.05, 0) is 59.2 Å². The minimum absolute atomic E-state index is 0.0774. The van der Waals surface area contributed by atoms with Gasteiger partial charge in [-0.2, -0.15) is 5.26 Å². The number of carbonyl (C=O) groups excluding carboxylic acids is 2. The maximum atomic E-state index is 12.5. The van der Waals surface area contributed by atoms with E-state index in [1.54, 1.807) is 48.5 Å². The van der Waals surface area contributed by atoms with Gasteiger partial charge >= 0.3 is 0 Å². The van der Waals surface area contributed by atoms with Crippen LogP contribution in [0.4, 0.5) is 5.69 Å². The normalized spacial score (nSPS) is 10.8. The molecule has 0 aliphatic carbocycles. The summed E-state index contributed by atoms with van der Waals surface area (Å²) in [5.41, 5.74) is 1.75. The Balaban J connectivity index is 1.78. The number of hydrogen-bond acceptors (Lipinski definition) is 6. The van der Waals surface area contributed by atoms with Crippen LogP contribution in [-0.4, -0.2) is 19.0 Å². The van der Waals surface area contributed by atoms with Crippen molar-refractivity contribution in [3.8, 4) is 17.6 Å². The Bertz CT molecular complexity index is 1280. The summed E-state index contributed by atoms with van der Waals surface area (Å²) in [6.45, 7) is 0.165.